The summed E-state index contributed by atoms with van der Waals surface area (Å²) < 4.78 is 4.80. The van der Waals surface area contributed by atoms with Crippen LogP contribution in [0.5, 0.6) is 0 Å². The second-order valence-electron chi connectivity index (χ2n) is 8.98. The Morgan fingerprint density at radius 2 is 1.52 bits per heavy atom. The number of rotatable bonds is 2. The lowest BCUT2D eigenvalue weighted by Crippen LogP contribution is -2.02. The summed E-state index contributed by atoms with van der Waals surface area (Å²) >= 11 is 0. The molecule has 2 heterocycles. The Labute approximate surface area is 193 Å². The van der Waals surface area contributed by atoms with Crippen molar-refractivity contribution in [3.8, 4) is 16.8 Å². The Hall–Kier alpha value is -4.04. The van der Waals surface area contributed by atoms with Gasteiger partial charge in [-0.05, 0) is 48.7 Å². The van der Waals surface area contributed by atoms with E-state index in [0.29, 0.717) is 0 Å². The number of para-hydroxylation sites is 3. The minimum Gasteiger partial charge on any atom is -0.343 e. The van der Waals surface area contributed by atoms with Crippen molar-refractivity contribution in [2.45, 2.75) is 12.8 Å². The zero-order chi connectivity index (χ0) is 21.9. The fourth-order valence-corrected chi connectivity index (χ4v) is 5.73. The van der Waals surface area contributed by atoms with Crippen molar-refractivity contribution in [2.75, 3.05) is 0 Å². The first-order chi connectivity index (χ1) is 16.3. The number of hydrogen-bond acceptors (Lipinski definition) is 0. The summed E-state index contributed by atoms with van der Waals surface area (Å²) in [7, 11) is 2.18. The van der Waals surface area contributed by atoms with Crippen molar-refractivity contribution in [1.29, 1.82) is 0 Å². The number of allylic oxidation sites excluding steroid dienone is 1. The number of hydrogen-bond donors (Lipinski definition) is 0. The summed E-state index contributed by atoms with van der Waals surface area (Å²) in [6.07, 6.45) is 6.80. The molecule has 0 radical (unpaired) electrons. The maximum absolute atomic E-state index is 2.45. The molecule has 2 aromatic heterocycles. The quantitative estimate of drug-likeness (QED) is 0.267. The molecule has 2 nitrogen and oxygen atoms in total. The topological polar surface area (TPSA) is 9.86 Å². The third kappa shape index (κ3) is 2.61. The molecule has 0 unspecified atom stereocenters. The van der Waals surface area contributed by atoms with Gasteiger partial charge in [0.1, 0.15) is 0 Å². The Morgan fingerprint density at radius 1 is 0.697 bits per heavy atom. The first-order valence-corrected chi connectivity index (χ1v) is 11.7. The Bertz CT molecular complexity index is 1710. The summed E-state index contributed by atoms with van der Waals surface area (Å²) in [5.74, 6) is 0. The van der Waals surface area contributed by atoms with Crippen LogP contribution < -0.4 is 0 Å². The molecule has 0 spiro atoms. The molecule has 33 heavy (non-hydrogen) atoms. The lowest BCUT2D eigenvalue weighted by Gasteiger charge is -2.13. The molecule has 0 fully saturated rings. The van der Waals surface area contributed by atoms with Crippen LogP contribution in [0.3, 0.4) is 0 Å². The van der Waals surface area contributed by atoms with E-state index in [9.17, 15) is 0 Å². The second-order valence-corrected chi connectivity index (χ2v) is 8.98. The molecule has 0 atom stereocenters. The highest BCUT2D eigenvalue weighted by atomic mass is 15.0. The van der Waals surface area contributed by atoms with Crippen LogP contribution in [0, 0.1) is 0 Å². The lowest BCUT2D eigenvalue weighted by molar-refractivity contribution is 0.888. The van der Waals surface area contributed by atoms with Crippen molar-refractivity contribution in [3.63, 3.8) is 0 Å². The van der Waals surface area contributed by atoms with Gasteiger partial charge in [-0.2, -0.15) is 0 Å². The van der Waals surface area contributed by atoms with Gasteiger partial charge < -0.3 is 9.13 Å². The fraction of sp³-hybridized carbons (Fsp3) is 0.0968. The van der Waals surface area contributed by atoms with E-state index < -0.39 is 0 Å². The second kappa shape index (κ2) is 6.98. The predicted molar refractivity (Wildman–Crippen MR) is 140 cm³/mol. The number of aryl methyl sites for hydroxylation is 1. The molecule has 6 aromatic rings. The van der Waals surface area contributed by atoms with Gasteiger partial charge in [-0.15, -0.1) is 0 Å². The molecule has 0 saturated carbocycles. The van der Waals surface area contributed by atoms with E-state index in [1.54, 1.807) is 0 Å². The zero-order valence-corrected chi connectivity index (χ0v) is 18.6. The van der Waals surface area contributed by atoms with Crippen LogP contribution in [0.15, 0.2) is 97.1 Å². The molecule has 0 amide bonds. The Balaban J connectivity index is 1.53. The fourth-order valence-electron chi connectivity index (χ4n) is 5.73. The maximum atomic E-state index is 2.45. The molecule has 0 saturated heterocycles. The predicted octanol–water partition coefficient (Wildman–Crippen LogP) is 7.90. The minimum absolute atomic E-state index is 1.07. The lowest BCUT2D eigenvalue weighted by atomic mass is 9.97. The van der Waals surface area contributed by atoms with E-state index in [0.717, 1.165) is 12.8 Å². The molecular weight excluding hydrogens is 400 g/mol. The highest BCUT2D eigenvalue weighted by Gasteiger charge is 2.20. The Morgan fingerprint density at radius 3 is 2.42 bits per heavy atom. The third-order valence-corrected chi connectivity index (χ3v) is 7.19. The van der Waals surface area contributed by atoms with E-state index in [2.05, 4.69) is 119 Å². The Kier molecular flexibility index (Phi) is 3.92. The largest absolute Gasteiger partial charge is 0.343 e. The highest BCUT2D eigenvalue weighted by Crippen LogP contribution is 2.39. The van der Waals surface area contributed by atoms with Crippen molar-refractivity contribution in [1.82, 2.24) is 9.13 Å². The zero-order valence-electron chi connectivity index (χ0n) is 18.6. The molecule has 158 valence electrons. The van der Waals surface area contributed by atoms with Gasteiger partial charge in [-0.1, -0.05) is 72.8 Å². The highest BCUT2D eigenvalue weighted by molar-refractivity contribution is 6.13. The van der Waals surface area contributed by atoms with Gasteiger partial charge in [0.25, 0.3) is 0 Å². The van der Waals surface area contributed by atoms with Gasteiger partial charge in [0, 0.05) is 51.2 Å². The average Bonchev–Trinajstić information content (AvgIpc) is 3.37. The van der Waals surface area contributed by atoms with Gasteiger partial charge in [0.15, 0.2) is 0 Å². The van der Waals surface area contributed by atoms with Crippen LogP contribution >= 0.6 is 0 Å². The van der Waals surface area contributed by atoms with Gasteiger partial charge in [-0.25, -0.2) is 0 Å². The van der Waals surface area contributed by atoms with Crippen LogP contribution in [-0.2, 0) is 13.5 Å². The molecular formula is C31H24N2. The van der Waals surface area contributed by atoms with E-state index >= 15 is 0 Å². The molecule has 0 bridgehead atoms. The van der Waals surface area contributed by atoms with Crippen LogP contribution in [0.4, 0.5) is 0 Å². The average molecular weight is 425 g/mol. The molecule has 1 aliphatic carbocycles. The minimum atomic E-state index is 1.07. The van der Waals surface area contributed by atoms with Crippen LogP contribution in [0.2, 0.25) is 0 Å². The van der Waals surface area contributed by atoms with Crippen LogP contribution in [0.25, 0.3) is 55.6 Å². The molecule has 0 N–H and O–H groups in total. The van der Waals surface area contributed by atoms with Gasteiger partial charge in [0.05, 0.1) is 11.0 Å². The van der Waals surface area contributed by atoms with Crippen LogP contribution in [0.1, 0.15) is 17.7 Å². The normalized spacial score (nSPS) is 13.2. The third-order valence-electron chi connectivity index (χ3n) is 7.19. The summed E-state index contributed by atoms with van der Waals surface area (Å²) in [4.78, 5) is 0. The first kappa shape index (κ1) is 18.5. The van der Waals surface area contributed by atoms with Crippen molar-refractivity contribution >= 4 is 38.8 Å². The summed E-state index contributed by atoms with van der Waals surface area (Å²) in [6, 6.07) is 33.2. The van der Waals surface area contributed by atoms with Crippen molar-refractivity contribution < 1.29 is 0 Å². The van der Waals surface area contributed by atoms with E-state index in [-0.39, 0.29) is 0 Å². The smallest absolute Gasteiger partial charge is 0.0568 e. The molecule has 7 rings (SSSR count). The summed E-state index contributed by atoms with van der Waals surface area (Å²) in [6.45, 7) is 0. The summed E-state index contributed by atoms with van der Waals surface area (Å²) in [5.41, 5.74) is 10.4. The SMILES string of the molecule is Cn1c2ccccc2c2cccc(-c3ccc4c(c3)c3c(n4-c4ccccc4)CCC=C3)c21. The number of benzene rings is 4. The summed E-state index contributed by atoms with van der Waals surface area (Å²) in [5, 5.41) is 3.96. The van der Waals surface area contributed by atoms with Gasteiger partial charge >= 0.3 is 0 Å². The van der Waals surface area contributed by atoms with Crippen molar-refractivity contribution in [3.05, 3.63) is 108 Å². The van der Waals surface area contributed by atoms with E-state index in [1.165, 1.54) is 60.8 Å². The standard InChI is InChI=1S/C31H24N2/c1-32-28-16-7-5-12-24(28)26-15-9-14-23(31(26)32)21-18-19-30-27(20-21)25-13-6-8-17-29(25)33(30)22-10-3-2-4-11-22/h2-7,9-16,18-20H,8,17H2,1H3. The molecule has 0 aliphatic heterocycles. The number of fused-ring (bicyclic) bond motifs is 6. The molecule has 4 aromatic carbocycles. The van der Waals surface area contributed by atoms with Gasteiger partial charge in [0.2, 0.25) is 0 Å². The van der Waals surface area contributed by atoms with Crippen molar-refractivity contribution in [2.24, 2.45) is 7.05 Å². The number of aromatic nitrogens is 2. The first-order valence-electron chi connectivity index (χ1n) is 11.7. The maximum Gasteiger partial charge on any atom is 0.0568 e. The van der Waals surface area contributed by atoms with Gasteiger partial charge in [-0.3, -0.25) is 0 Å². The number of nitrogens with zero attached hydrogens (tertiary/aromatic N) is 2. The van der Waals surface area contributed by atoms with Crippen LogP contribution in [-0.4, -0.2) is 9.13 Å². The molecule has 2 heteroatoms. The monoisotopic (exact) mass is 424 g/mol. The van der Waals surface area contributed by atoms with E-state index in [1.807, 2.05) is 0 Å². The van der Waals surface area contributed by atoms with E-state index in [4.69, 9.17) is 0 Å². The molecule has 1 aliphatic rings.